The molecule has 0 aliphatic heterocycles. The zero-order chi connectivity index (χ0) is 12.0. The number of likely N-dealkylation sites (N-methyl/N-ethyl adjacent to an activating group) is 1. The predicted molar refractivity (Wildman–Crippen MR) is 63.3 cm³/mol. The van der Waals surface area contributed by atoms with E-state index in [-0.39, 0.29) is 6.10 Å². The highest BCUT2D eigenvalue weighted by Crippen LogP contribution is 2.06. The highest BCUT2D eigenvalue weighted by Gasteiger charge is 2.14. The lowest BCUT2D eigenvalue weighted by Crippen LogP contribution is -2.35. The average Bonchev–Trinajstić information content (AvgIpc) is 2.64. The summed E-state index contributed by atoms with van der Waals surface area (Å²) in [6, 6.07) is 0.392. The number of hydrogen-bond acceptors (Lipinski definition) is 4. The predicted octanol–water partition coefficient (Wildman–Crippen LogP) is 0.761. The van der Waals surface area contributed by atoms with Crippen molar-refractivity contribution in [2.24, 2.45) is 7.05 Å². The van der Waals surface area contributed by atoms with Gasteiger partial charge in [-0.1, -0.05) is 6.92 Å². The fourth-order valence-corrected chi connectivity index (χ4v) is 1.75. The molecular formula is C11H22N4O. The van der Waals surface area contributed by atoms with Crippen molar-refractivity contribution in [3.63, 3.8) is 0 Å². The van der Waals surface area contributed by atoms with Crippen molar-refractivity contribution in [3.05, 3.63) is 12.2 Å². The van der Waals surface area contributed by atoms with Gasteiger partial charge in [-0.2, -0.15) is 5.10 Å². The Morgan fingerprint density at radius 3 is 2.81 bits per heavy atom. The third kappa shape index (κ3) is 3.90. The molecule has 1 heterocycles. The minimum Gasteiger partial charge on any atom is -0.382 e. The third-order valence-corrected chi connectivity index (χ3v) is 2.75. The summed E-state index contributed by atoms with van der Waals surface area (Å²) in [6.07, 6.45) is 3.73. The first-order valence-electron chi connectivity index (χ1n) is 5.76. The smallest absolute Gasteiger partial charge is 0.138 e. The number of ether oxygens (including phenoxy) is 1. The number of hydrogen-bond donors (Lipinski definition) is 1. The van der Waals surface area contributed by atoms with Crippen LogP contribution in [0.25, 0.3) is 0 Å². The summed E-state index contributed by atoms with van der Waals surface area (Å²) in [7, 11) is 3.67. The standard InChI is InChI=1S/C11H22N4O/c1-5-12-10(6-9(2)16-4)7-11-13-8-14-15(11)3/h8-10,12H,5-7H2,1-4H3. The number of nitrogens with zero attached hydrogens (tertiary/aromatic N) is 3. The maximum atomic E-state index is 5.29. The second kappa shape index (κ2) is 6.60. The maximum absolute atomic E-state index is 5.29. The largest absolute Gasteiger partial charge is 0.382 e. The van der Waals surface area contributed by atoms with Crippen LogP contribution in [0.4, 0.5) is 0 Å². The second-order valence-corrected chi connectivity index (χ2v) is 4.04. The van der Waals surface area contributed by atoms with Crippen LogP contribution in [-0.4, -0.2) is 40.6 Å². The molecule has 0 saturated heterocycles. The van der Waals surface area contributed by atoms with Crippen molar-refractivity contribution in [3.8, 4) is 0 Å². The summed E-state index contributed by atoms with van der Waals surface area (Å²) in [5.41, 5.74) is 0. The van der Waals surface area contributed by atoms with Crippen molar-refractivity contribution < 1.29 is 4.74 Å². The quantitative estimate of drug-likeness (QED) is 0.746. The van der Waals surface area contributed by atoms with Crippen LogP contribution in [-0.2, 0) is 18.2 Å². The molecule has 5 nitrogen and oxygen atoms in total. The molecule has 5 heteroatoms. The molecule has 1 aromatic rings. The lowest BCUT2D eigenvalue weighted by molar-refractivity contribution is 0.100. The molecule has 0 aliphatic carbocycles. The number of aromatic nitrogens is 3. The molecule has 0 fully saturated rings. The van der Waals surface area contributed by atoms with E-state index in [0.29, 0.717) is 6.04 Å². The van der Waals surface area contributed by atoms with Gasteiger partial charge in [-0.25, -0.2) is 4.98 Å². The van der Waals surface area contributed by atoms with Crippen molar-refractivity contribution in [1.29, 1.82) is 0 Å². The van der Waals surface area contributed by atoms with Crippen LogP contribution in [0.2, 0.25) is 0 Å². The van der Waals surface area contributed by atoms with Gasteiger partial charge in [0.05, 0.1) is 6.10 Å². The van der Waals surface area contributed by atoms with Crippen molar-refractivity contribution in [2.75, 3.05) is 13.7 Å². The SMILES string of the molecule is CCNC(Cc1ncnn1C)CC(C)OC. The van der Waals surface area contributed by atoms with Gasteiger partial charge in [0.25, 0.3) is 0 Å². The molecule has 1 aromatic heterocycles. The Labute approximate surface area is 97.2 Å². The normalized spacial score (nSPS) is 15.0. The van der Waals surface area contributed by atoms with E-state index in [4.69, 9.17) is 4.74 Å². The molecule has 2 unspecified atom stereocenters. The highest BCUT2D eigenvalue weighted by atomic mass is 16.5. The maximum Gasteiger partial charge on any atom is 0.138 e. The molecular weight excluding hydrogens is 204 g/mol. The molecule has 1 N–H and O–H groups in total. The molecule has 0 radical (unpaired) electrons. The number of nitrogens with one attached hydrogen (secondary N) is 1. The van der Waals surface area contributed by atoms with Crippen molar-refractivity contribution in [1.82, 2.24) is 20.1 Å². The van der Waals surface area contributed by atoms with Crippen LogP contribution in [0.3, 0.4) is 0 Å². The fraction of sp³-hybridized carbons (Fsp3) is 0.818. The Morgan fingerprint density at radius 2 is 2.31 bits per heavy atom. The zero-order valence-electron chi connectivity index (χ0n) is 10.6. The van der Waals surface area contributed by atoms with Gasteiger partial charge in [0.2, 0.25) is 0 Å². The fourth-order valence-electron chi connectivity index (χ4n) is 1.75. The second-order valence-electron chi connectivity index (χ2n) is 4.04. The molecule has 1 rings (SSSR count). The van der Waals surface area contributed by atoms with E-state index in [1.54, 1.807) is 13.4 Å². The van der Waals surface area contributed by atoms with Gasteiger partial charge in [-0.15, -0.1) is 0 Å². The Balaban J connectivity index is 2.54. The van der Waals surface area contributed by atoms with Crippen LogP contribution in [0, 0.1) is 0 Å². The highest BCUT2D eigenvalue weighted by molar-refractivity contribution is 4.89. The summed E-state index contributed by atoms with van der Waals surface area (Å²) < 4.78 is 7.11. The number of methoxy groups -OCH3 is 1. The average molecular weight is 226 g/mol. The summed E-state index contributed by atoms with van der Waals surface area (Å²) >= 11 is 0. The van der Waals surface area contributed by atoms with E-state index in [0.717, 1.165) is 25.2 Å². The van der Waals surface area contributed by atoms with Gasteiger partial charge in [0.1, 0.15) is 12.2 Å². The summed E-state index contributed by atoms with van der Waals surface area (Å²) in [6.45, 7) is 5.15. The molecule has 92 valence electrons. The molecule has 0 spiro atoms. The van der Waals surface area contributed by atoms with Gasteiger partial charge in [0.15, 0.2) is 0 Å². The van der Waals surface area contributed by atoms with Crippen molar-refractivity contribution in [2.45, 2.75) is 38.8 Å². The van der Waals surface area contributed by atoms with E-state index in [2.05, 4.69) is 29.2 Å². The van der Waals surface area contributed by atoms with Crippen LogP contribution in [0.5, 0.6) is 0 Å². The molecule has 0 saturated carbocycles. The minimum atomic E-state index is 0.261. The number of rotatable bonds is 7. The monoisotopic (exact) mass is 226 g/mol. The zero-order valence-corrected chi connectivity index (χ0v) is 10.6. The summed E-state index contributed by atoms with van der Waals surface area (Å²) in [4.78, 5) is 4.24. The van der Waals surface area contributed by atoms with Crippen molar-refractivity contribution >= 4 is 0 Å². The molecule has 0 aliphatic rings. The van der Waals surface area contributed by atoms with Gasteiger partial charge in [-0.3, -0.25) is 4.68 Å². The van der Waals surface area contributed by atoms with E-state index >= 15 is 0 Å². The molecule has 0 amide bonds. The number of aryl methyl sites for hydroxylation is 1. The lowest BCUT2D eigenvalue weighted by Gasteiger charge is -2.20. The Kier molecular flexibility index (Phi) is 5.42. The van der Waals surface area contributed by atoms with Crippen LogP contribution in [0.15, 0.2) is 6.33 Å². The van der Waals surface area contributed by atoms with Crippen LogP contribution < -0.4 is 5.32 Å². The van der Waals surface area contributed by atoms with E-state index in [1.165, 1.54) is 0 Å². The van der Waals surface area contributed by atoms with Gasteiger partial charge < -0.3 is 10.1 Å². The lowest BCUT2D eigenvalue weighted by atomic mass is 10.1. The first-order chi connectivity index (χ1) is 7.67. The third-order valence-electron chi connectivity index (χ3n) is 2.75. The minimum absolute atomic E-state index is 0.261. The molecule has 2 atom stereocenters. The Bertz CT molecular complexity index is 300. The summed E-state index contributed by atoms with van der Waals surface area (Å²) in [5, 5.41) is 7.53. The van der Waals surface area contributed by atoms with E-state index < -0.39 is 0 Å². The van der Waals surface area contributed by atoms with E-state index in [1.807, 2.05) is 11.7 Å². The van der Waals surface area contributed by atoms with E-state index in [9.17, 15) is 0 Å². The Morgan fingerprint density at radius 1 is 1.56 bits per heavy atom. The molecule has 0 bridgehead atoms. The van der Waals surface area contributed by atoms with Gasteiger partial charge >= 0.3 is 0 Å². The first-order valence-corrected chi connectivity index (χ1v) is 5.76. The topological polar surface area (TPSA) is 52.0 Å². The van der Waals surface area contributed by atoms with Gasteiger partial charge in [-0.05, 0) is 19.9 Å². The first kappa shape index (κ1) is 13.1. The Hall–Kier alpha value is -0.940. The van der Waals surface area contributed by atoms with Crippen LogP contribution in [0.1, 0.15) is 26.1 Å². The molecule has 0 aromatic carbocycles. The molecule has 16 heavy (non-hydrogen) atoms. The summed E-state index contributed by atoms with van der Waals surface area (Å²) in [5.74, 6) is 1.01. The van der Waals surface area contributed by atoms with Gasteiger partial charge in [0, 0.05) is 26.6 Å². The van der Waals surface area contributed by atoms with Crippen LogP contribution >= 0.6 is 0 Å².